The fourth-order valence-electron chi connectivity index (χ4n) is 1.26. The molecule has 0 heterocycles. The number of thioether (sulfide) groups is 1. The molecule has 0 saturated carbocycles. The predicted octanol–water partition coefficient (Wildman–Crippen LogP) is 5.41. The number of allylic oxidation sites excluding steroid dienone is 10. The Hall–Kier alpha value is -2.06. The molecule has 0 bridgehead atoms. The molecule has 0 aromatic rings. The van der Waals surface area contributed by atoms with Gasteiger partial charge >= 0.3 is 0 Å². The van der Waals surface area contributed by atoms with E-state index < -0.39 is 0 Å². The van der Waals surface area contributed by atoms with Gasteiger partial charge in [0.15, 0.2) is 0 Å². The maximum Gasteiger partial charge on any atom is 0.104 e. The molecule has 0 N–H and O–H groups in total. The van der Waals surface area contributed by atoms with Crippen LogP contribution in [-0.2, 0) is 0 Å². The molecule has 0 spiro atoms. The molecule has 0 saturated heterocycles. The van der Waals surface area contributed by atoms with Gasteiger partial charge in [-0.05, 0) is 18.4 Å². The van der Waals surface area contributed by atoms with Crippen LogP contribution in [0.1, 0.15) is 0 Å². The van der Waals surface area contributed by atoms with Crippen LogP contribution in [-0.4, -0.2) is 11.3 Å². The molecule has 0 rings (SSSR count). The fraction of sp³-hybridized carbons (Fsp3) is 0.0556. The third-order valence-electron chi connectivity index (χ3n) is 2.07. The third kappa shape index (κ3) is 7.39. The van der Waals surface area contributed by atoms with Gasteiger partial charge in [-0.2, -0.15) is 0 Å². The van der Waals surface area contributed by atoms with Gasteiger partial charge in [0.2, 0.25) is 0 Å². The first kappa shape index (κ1) is 17.9. The fourth-order valence-corrected chi connectivity index (χ4v) is 1.83. The van der Waals surface area contributed by atoms with Crippen molar-refractivity contribution in [3.8, 4) is 0 Å². The average Bonchev–Trinajstić information content (AvgIpc) is 2.46. The summed E-state index contributed by atoms with van der Waals surface area (Å²) in [6.45, 7) is 14.8. The smallest absolute Gasteiger partial charge is 0.104 e. The van der Waals surface area contributed by atoms with Crippen molar-refractivity contribution in [2.24, 2.45) is 4.99 Å². The second-order valence-electron chi connectivity index (χ2n) is 3.50. The van der Waals surface area contributed by atoms with Gasteiger partial charge in [0.05, 0.1) is 5.70 Å². The Balaban J connectivity index is 5.62. The first-order valence-corrected chi connectivity index (χ1v) is 7.32. The Morgan fingerprint density at radius 2 is 1.45 bits per heavy atom. The highest BCUT2D eigenvalue weighted by molar-refractivity contribution is 8.13. The zero-order valence-corrected chi connectivity index (χ0v) is 12.8. The normalized spacial score (nSPS) is 13.8. The maximum atomic E-state index is 4.63. The van der Waals surface area contributed by atoms with Crippen LogP contribution in [0.25, 0.3) is 0 Å². The van der Waals surface area contributed by atoms with Crippen LogP contribution >= 0.6 is 11.8 Å². The van der Waals surface area contributed by atoms with E-state index in [2.05, 4.69) is 31.3 Å². The summed E-state index contributed by atoms with van der Waals surface area (Å²) in [5, 5.41) is 0.893. The zero-order valence-electron chi connectivity index (χ0n) is 12.0. The standard InChI is InChI=1S/C18H21NS/c1-6-10-14-16(12-8-3)18(20-5)19-17(13-9-4)15-11-7-2/h6-15H,1-4H2,5H3/b14-10-,15-11-,16-12+,17-13+,19-18+. The van der Waals surface area contributed by atoms with E-state index in [4.69, 9.17) is 0 Å². The van der Waals surface area contributed by atoms with Gasteiger partial charge in [-0.15, -0.1) is 11.8 Å². The average molecular weight is 283 g/mol. The molecule has 0 radical (unpaired) electrons. The second kappa shape index (κ2) is 12.0. The third-order valence-corrected chi connectivity index (χ3v) is 2.79. The van der Waals surface area contributed by atoms with Crippen LogP contribution in [0, 0.1) is 0 Å². The van der Waals surface area contributed by atoms with Gasteiger partial charge in [0, 0.05) is 5.57 Å². The van der Waals surface area contributed by atoms with Crippen molar-refractivity contribution in [2.75, 3.05) is 6.26 Å². The number of hydrogen-bond donors (Lipinski definition) is 0. The summed E-state index contributed by atoms with van der Waals surface area (Å²) in [6, 6.07) is 0. The monoisotopic (exact) mass is 283 g/mol. The molecule has 0 aliphatic carbocycles. The molecule has 0 aromatic heterocycles. The van der Waals surface area contributed by atoms with Crippen LogP contribution < -0.4 is 0 Å². The Labute approximate surface area is 126 Å². The van der Waals surface area contributed by atoms with Crippen LogP contribution in [0.15, 0.2) is 103 Å². The zero-order chi connectivity index (χ0) is 15.2. The van der Waals surface area contributed by atoms with Crippen LogP contribution in [0.5, 0.6) is 0 Å². The molecule has 20 heavy (non-hydrogen) atoms. The van der Waals surface area contributed by atoms with E-state index in [1.807, 2.05) is 42.7 Å². The SMILES string of the molecule is C=C\C=C/C(=C\C=C)/N=C(SC)\C(\C=C/C=C)=C\C=C. The second-order valence-corrected chi connectivity index (χ2v) is 4.29. The minimum absolute atomic E-state index is 0.811. The summed E-state index contributed by atoms with van der Waals surface area (Å²) < 4.78 is 0. The highest BCUT2D eigenvalue weighted by Gasteiger charge is 2.02. The molecule has 0 aromatic carbocycles. The number of aliphatic imine (C=N–C) groups is 1. The number of nitrogens with zero attached hydrogens (tertiary/aromatic N) is 1. The van der Waals surface area contributed by atoms with Gasteiger partial charge in [0.1, 0.15) is 5.04 Å². The molecule has 0 unspecified atom stereocenters. The largest absolute Gasteiger partial charge is 0.241 e. The van der Waals surface area contributed by atoms with Gasteiger partial charge in [-0.3, -0.25) is 0 Å². The molecule has 0 aliphatic rings. The summed E-state index contributed by atoms with van der Waals surface area (Å²) in [6.07, 6.45) is 20.2. The maximum absolute atomic E-state index is 4.63. The van der Waals surface area contributed by atoms with Gasteiger partial charge in [0.25, 0.3) is 0 Å². The Kier molecular flexibility index (Phi) is 10.8. The van der Waals surface area contributed by atoms with Crippen LogP contribution in [0.4, 0.5) is 0 Å². The predicted molar refractivity (Wildman–Crippen MR) is 96.2 cm³/mol. The molecule has 104 valence electrons. The van der Waals surface area contributed by atoms with Crippen molar-refractivity contribution in [1.29, 1.82) is 0 Å². The van der Waals surface area contributed by atoms with E-state index in [1.165, 1.54) is 0 Å². The van der Waals surface area contributed by atoms with Gasteiger partial charge in [-0.25, -0.2) is 4.99 Å². The molecule has 2 heteroatoms. The number of hydrogen-bond acceptors (Lipinski definition) is 2. The minimum Gasteiger partial charge on any atom is -0.241 e. The molecule has 0 atom stereocenters. The highest BCUT2D eigenvalue weighted by Crippen LogP contribution is 2.15. The number of rotatable bonds is 8. The lowest BCUT2D eigenvalue weighted by molar-refractivity contribution is 1.41. The Bertz CT molecular complexity index is 500. The van der Waals surface area contributed by atoms with Crippen molar-refractivity contribution in [1.82, 2.24) is 0 Å². The van der Waals surface area contributed by atoms with E-state index in [-0.39, 0.29) is 0 Å². The lowest BCUT2D eigenvalue weighted by atomic mass is 10.2. The summed E-state index contributed by atoms with van der Waals surface area (Å²) in [5.74, 6) is 0. The van der Waals surface area contributed by atoms with Crippen LogP contribution in [0.2, 0.25) is 0 Å². The first-order chi connectivity index (χ1) is 9.73. The van der Waals surface area contributed by atoms with Gasteiger partial charge < -0.3 is 0 Å². The Morgan fingerprint density at radius 3 is 1.95 bits per heavy atom. The molecular formula is C18H21NS. The summed E-state index contributed by atoms with van der Waals surface area (Å²) in [4.78, 5) is 4.63. The minimum atomic E-state index is 0.811. The van der Waals surface area contributed by atoms with Crippen LogP contribution in [0.3, 0.4) is 0 Å². The lowest BCUT2D eigenvalue weighted by Gasteiger charge is -2.04. The van der Waals surface area contributed by atoms with E-state index in [1.54, 1.807) is 36.1 Å². The van der Waals surface area contributed by atoms with E-state index in [0.29, 0.717) is 0 Å². The lowest BCUT2D eigenvalue weighted by Crippen LogP contribution is -1.95. The van der Waals surface area contributed by atoms with E-state index in [9.17, 15) is 0 Å². The van der Waals surface area contributed by atoms with Crippen molar-refractivity contribution in [3.05, 3.63) is 98.3 Å². The summed E-state index contributed by atoms with van der Waals surface area (Å²) in [7, 11) is 0. The van der Waals surface area contributed by atoms with Crippen molar-refractivity contribution in [3.63, 3.8) is 0 Å². The first-order valence-electron chi connectivity index (χ1n) is 6.10. The Morgan fingerprint density at radius 1 is 0.850 bits per heavy atom. The van der Waals surface area contributed by atoms with E-state index >= 15 is 0 Å². The highest BCUT2D eigenvalue weighted by atomic mass is 32.2. The quantitative estimate of drug-likeness (QED) is 0.329. The molecular weight excluding hydrogens is 262 g/mol. The summed E-state index contributed by atoms with van der Waals surface area (Å²) in [5.41, 5.74) is 1.79. The van der Waals surface area contributed by atoms with Crippen molar-refractivity contribution >= 4 is 16.8 Å². The van der Waals surface area contributed by atoms with Gasteiger partial charge in [-0.1, -0.05) is 74.9 Å². The topological polar surface area (TPSA) is 12.4 Å². The molecule has 0 amide bonds. The summed E-state index contributed by atoms with van der Waals surface area (Å²) >= 11 is 1.57. The van der Waals surface area contributed by atoms with E-state index in [0.717, 1.165) is 16.3 Å². The molecule has 0 fully saturated rings. The van der Waals surface area contributed by atoms with Crippen molar-refractivity contribution in [2.45, 2.75) is 0 Å². The molecule has 0 aliphatic heterocycles. The molecule has 1 nitrogen and oxygen atoms in total. The van der Waals surface area contributed by atoms with Crippen molar-refractivity contribution < 1.29 is 0 Å².